The van der Waals surface area contributed by atoms with Crippen molar-refractivity contribution >= 4 is 22.1 Å². The number of aromatic nitrogens is 1. The first-order valence-corrected chi connectivity index (χ1v) is 6.64. The SMILES string of the molecule is O=[N+]([O-])c1ccc(NCc2ccc(F)cc2)c2ccncc12. The summed E-state index contributed by atoms with van der Waals surface area (Å²) < 4.78 is 12.9. The van der Waals surface area contributed by atoms with Crippen molar-refractivity contribution in [1.82, 2.24) is 4.98 Å². The normalized spacial score (nSPS) is 10.6. The smallest absolute Gasteiger partial charge is 0.278 e. The van der Waals surface area contributed by atoms with Crippen LogP contribution in [0.3, 0.4) is 0 Å². The van der Waals surface area contributed by atoms with Crippen molar-refractivity contribution in [2.75, 3.05) is 5.32 Å². The van der Waals surface area contributed by atoms with Gasteiger partial charge in [0.15, 0.2) is 0 Å². The zero-order valence-electron chi connectivity index (χ0n) is 11.5. The first-order valence-electron chi connectivity index (χ1n) is 6.64. The maximum Gasteiger partial charge on any atom is 0.278 e. The van der Waals surface area contributed by atoms with Crippen LogP contribution in [0.4, 0.5) is 15.8 Å². The van der Waals surface area contributed by atoms with Gasteiger partial charge >= 0.3 is 0 Å². The van der Waals surface area contributed by atoms with Gasteiger partial charge in [-0.1, -0.05) is 12.1 Å². The fourth-order valence-corrected chi connectivity index (χ4v) is 2.29. The molecule has 3 aromatic rings. The second-order valence-corrected chi connectivity index (χ2v) is 4.79. The van der Waals surface area contributed by atoms with E-state index in [0.29, 0.717) is 11.9 Å². The summed E-state index contributed by atoms with van der Waals surface area (Å²) in [5.41, 5.74) is 1.71. The highest BCUT2D eigenvalue weighted by atomic mass is 19.1. The fourth-order valence-electron chi connectivity index (χ4n) is 2.29. The molecular weight excluding hydrogens is 285 g/mol. The Balaban J connectivity index is 1.93. The molecule has 0 saturated heterocycles. The van der Waals surface area contributed by atoms with E-state index in [1.165, 1.54) is 24.4 Å². The third-order valence-corrected chi connectivity index (χ3v) is 3.39. The van der Waals surface area contributed by atoms with E-state index in [1.54, 1.807) is 30.5 Å². The number of non-ortho nitro benzene ring substituents is 1. The number of nitro benzene ring substituents is 1. The number of halogens is 1. The lowest BCUT2D eigenvalue weighted by Crippen LogP contribution is -2.01. The summed E-state index contributed by atoms with van der Waals surface area (Å²) in [6, 6.07) is 11.0. The van der Waals surface area contributed by atoms with Crippen LogP contribution in [0.1, 0.15) is 5.56 Å². The van der Waals surface area contributed by atoms with Gasteiger partial charge in [-0.2, -0.15) is 0 Å². The Morgan fingerprint density at radius 2 is 1.86 bits per heavy atom. The molecule has 0 saturated carbocycles. The van der Waals surface area contributed by atoms with Crippen LogP contribution in [0.15, 0.2) is 54.9 Å². The fraction of sp³-hybridized carbons (Fsp3) is 0.0625. The molecule has 0 amide bonds. The summed E-state index contributed by atoms with van der Waals surface area (Å²) in [6.45, 7) is 0.496. The summed E-state index contributed by atoms with van der Waals surface area (Å²) in [5.74, 6) is -0.282. The van der Waals surface area contributed by atoms with Crippen molar-refractivity contribution in [3.63, 3.8) is 0 Å². The van der Waals surface area contributed by atoms with Gasteiger partial charge in [0.05, 0.1) is 10.3 Å². The molecule has 0 aliphatic rings. The van der Waals surface area contributed by atoms with E-state index in [0.717, 1.165) is 16.6 Å². The Bertz CT molecular complexity index is 834. The van der Waals surface area contributed by atoms with Crippen LogP contribution in [-0.2, 0) is 6.54 Å². The second-order valence-electron chi connectivity index (χ2n) is 4.79. The van der Waals surface area contributed by atoms with Crippen LogP contribution in [0.2, 0.25) is 0 Å². The van der Waals surface area contributed by atoms with Gasteiger partial charge in [0.25, 0.3) is 5.69 Å². The second kappa shape index (κ2) is 5.77. The van der Waals surface area contributed by atoms with Crippen molar-refractivity contribution in [3.05, 3.63) is 76.4 Å². The Morgan fingerprint density at radius 1 is 1.09 bits per heavy atom. The Labute approximate surface area is 125 Å². The van der Waals surface area contributed by atoms with Gasteiger partial charge in [0, 0.05) is 36.1 Å². The number of fused-ring (bicyclic) bond motifs is 1. The molecule has 3 rings (SSSR count). The lowest BCUT2D eigenvalue weighted by Gasteiger charge is -2.10. The van der Waals surface area contributed by atoms with Gasteiger partial charge in [-0.3, -0.25) is 15.1 Å². The van der Waals surface area contributed by atoms with E-state index in [4.69, 9.17) is 0 Å². The maximum atomic E-state index is 12.9. The molecule has 0 fully saturated rings. The van der Waals surface area contributed by atoms with Crippen LogP contribution < -0.4 is 5.32 Å². The highest BCUT2D eigenvalue weighted by Gasteiger charge is 2.14. The van der Waals surface area contributed by atoms with Crippen molar-refractivity contribution in [1.29, 1.82) is 0 Å². The number of rotatable bonds is 4. The van der Waals surface area contributed by atoms with E-state index in [9.17, 15) is 14.5 Å². The zero-order chi connectivity index (χ0) is 15.5. The van der Waals surface area contributed by atoms with Gasteiger partial charge in [0.1, 0.15) is 5.82 Å². The lowest BCUT2D eigenvalue weighted by molar-refractivity contribution is -0.383. The van der Waals surface area contributed by atoms with Crippen LogP contribution in [-0.4, -0.2) is 9.91 Å². The molecule has 6 heteroatoms. The van der Waals surface area contributed by atoms with Crippen molar-refractivity contribution < 1.29 is 9.31 Å². The van der Waals surface area contributed by atoms with Gasteiger partial charge in [-0.25, -0.2) is 4.39 Å². The average Bonchev–Trinajstić information content (AvgIpc) is 2.53. The van der Waals surface area contributed by atoms with Gasteiger partial charge in [-0.15, -0.1) is 0 Å². The molecule has 1 N–H and O–H groups in total. The van der Waals surface area contributed by atoms with Crippen molar-refractivity contribution in [3.8, 4) is 0 Å². The largest absolute Gasteiger partial charge is 0.380 e. The molecule has 0 aliphatic carbocycles. The van der Waals surface area contributed by atoms with Gasteiger partial charge in [0.2, 0.25) is 0 Å². The molecule has 0 aliphatic heterocycles. The minimum absolute atomic E-state index is 0.0235. The maximum absolute atomic E-state index is 12.9. The highest BCUT2D eigenvalue weighted by molar-refractivity contribution is 5.99. The van der Waals surface area contributed by atoms with E-state index < -0.39 is 4.92 Å². The number of nitrogens with one attached hydrogen (secondary N) is 1. The first-order chi connectivity index (χ1) is 10.6. The highest BCUT2D eigenvalue weighted by Crippen LogP contribution is 2.30. The van der Waals surface area contributed by atoms with Gasteiger partial charge in [-0.05, 0) is 29.8 Å². The number of nitro groups is 1. The average molecular weight is 297 g/mol. The Hall–Kier alpha value is -3.02. The summed E-state index contributed by atoms with van der Waals surface area (Å²) in [5, 5.41) is 15.5. The van der Waals surface area contributed by atoms with Crippen LogP contribution in [0.5, 0.6) is 0 Å². The first kappa shape index (κ1) is 13.9. The monoisotopic (exact) mass is 297 g/mol. The number of benzene rings is 2. The quantitative estimate of drug-likeness (QED) is 0.586. The molecule has 0 bridgehead atoms. The van der Waals surface area contributed by atoms with E-state index in [1.807, 2.05) is 0 Å². The molecule has 5 nitrogen and oxygen atoms in total. The molecule has 1 aromatic heterocycles. The topological polar surface area (TPSA) is 68.1 Å². The molecule has 1 heterocycles. The number of hydrogen-bond donors (Lipinski definition) is 1. The summed E-state index contributed by atoms with van der Waals surface area (Å²) in [4.78, 5) is 14.6. The number of hydrogen-bond acceptors (Lipinski definition) is 4. The molecule has 110 valence electrons. The third kappa shape index (κ3) is 2.71. The standard InChI is InChI=1S/C16H12FN3O2/c17-12-3-1-11(2-4-12)9-19-15-5-6-16(20(21)22)14-10-18-8-7-13(14)15/h1-8,10,19H,9H2. The van der Waals surface area contributed by atoms with Crippen molar-refractivity contribution in [2.24, 2.45) is 0 Å². The molecule has 0 spiro atoms. The zero-order valence-corrected chi connectivity index (χ0v) is 11.5. The Kier molecular flexibility index (Phi) is 3.65. The number of pyridine rings is 1. The van der Waals surface area contributed by atoms with E-state index in [2.05, 4.69) is 10.3 Å². The van der Waals surface area contributed by atoms with Crippen molar-refractivity contribution in [2.45, 2.75) is 6.54 Å². The Morgan fingerprint density at radius 3 is 2.59 bits per heavy atom. The van der Waals surface area contributed by atoms with Crippen LogP contribution in [0, 0.1) is 15.9 Å². The minimum atomic E-state index is -0.423. The molecule has 2 aromatic carbocycles. The third-order valence-electron chi connectivity index (χ3n) is 3.39. The van der Waals surface area contributed by atoms with Crippen LogP contribution in [0.25, 0.3) is 10.8 Å². The van der Waals surface area contributed by atoms with Crippen LogP contribution >= 0.6 is 0 Å². The minimum Gasteiger partial charge on any atom is -0.380 e. The predicted molar refractivity (Wildman–Crippen MR) is 82.1 cm³/mol. The molecule has 22 heavy (non-hydrogen) atoms. The van der Waals surface area contributed by atoms with E-state index in [-0.39, 0.29) is 11.5 Å². The lowest BCUT2D eigenvalue weighted by atomic mass is 10.1. The van der Waals surface area contributed by atoms with Gasteiger partial charge < -0.3 is 5.32 Å². The molecule has 0 unspecified atom stereocenters. The summed E-state index contributed by atoms with van der Waals surface area (Å²) in [7, 11) is 0. The molecule has 0 atom stereocenters. The molecule has 0 radical (unpaired) electrons. The summed E-state index contributed by atoms with van der Waals surface area (Å²) >= 11 is 0. The van der Waals surface area contributed by atoms with E-state index >= 15 is 0 Å². The predicted octanol–water partition coefficient (Wildman–Crippen LogP) is 3.89. The molecular formula is C16H12FN3O2. The number of nitrogens with zero attached hydrogens (tertiary/aromatic N) is 2. The summed E-state index contributed by atoms with van der Waals surface area (Å²) in [6.07, 6.45) is 3.08. The number of anilines is 1.